The molecule has 0 saturated heterocycles. The highest BCUT2D eigenvalue weighted by molar-refractivity contribution is 5.94. The van der Waals surface area contributed by atoms with E-state index in [0.717, 1.165) is 31.4 Å². The first-order valence-corrected chi connectivity index (χ1v) is 5.77. The molecule has 1 aromatic heterocycles. The molecule has 0 spiro atoms. The molecule has 1 aliphatic rings. The van der Waals surface area contributed by atoms with E-state index in [0.29, 0.717) is 0 Å². The first-order chi connectivity index (χ1) is 7.68. The van der Waals surface area contributed by atoms with Crippen LogP contribution >= 0.6 is 0 Å². The summed E-state index contributed by atoms with van der Waals surface area (Å²) in [6.07, 6.45) is 6.51. The highest BCUT2D eigenvalue weighted by Crippen LogP contribution is 2.27. The van der Waals surface area contributed by atoms with Gasteiger partial charge in [0.15, 0.2) is 0 Å². The van der Waals surface area contributed by atoms with E-state index in [1.807, 2.05) is 18.5 Å². The zero-order valence-electron chi connectivity index (χ0n) is 9.52. The summed E-state index contributed by atoms with van der Waals surface area (Å²) in [6.45, 7) is 0. The molecule has 1 aromatic rings. The van der Waals surface area contributed by atoms with Gasteiger partial charge in [0.2, 0.25) is 5.91 Å². The van der Waals surface area contributed by atoms with Crippen LogP contribution in [0.3, 0.4) is 0 Å². The highest BCUT2D eigenvalue weighted by atomic mass is 16.3. The quantitative estimate of drug-likeness (QED) is 0.797. The minimum atomic E-state index is -0.207. The van der Waals surface area contributed by atoms with E-state index in [2.05, 4.69) is 4.98 Å². The molecule has 88 valence electrons. The predicted octanol–water partition coefficient (Wildman–Crippen LogP) is 1.53. The summed E-state index contributed by atoms with van der Waals surface area (Å²) in [5, 5.41) is 9.40. The Balaban J connectivity index is 1.97. The lowest BCUT2D eigenvalue weighted by atomic mass is 9.86. The lowest BCUT2D eigenvalue weighted by Gasteiger charge is -2.28. The fourth-order valence-corrected chi connectivity index (χ4v) is 2.25. The topological polar surface area (TPSA) is 56.3 Å². The molecule has 16 heavy (non-hydrogen) atoms. The van der Waals surface area contributed by atoms with E-state index < -0.39 is 0 Å². The van der Waals surface area contributed by atoms with Crippen molar-refractivity contribution in [3.05, 3.63) is 18.5 Å². The maximum atomic E-state index is 12.1. The number of carbonyl (C=O) groups is 1. The minimum absolute atomic E-state index is 0.0725. The molecule has 0 unspecified atom stereocenters. The van der Waals surface area contributed by atoms with Crippen LogP contribution in [0, 0.1) is 5.92 Å². The van der Waals surface area contributed by atoms with Crippen LogP contribution in [0.25, 0.3) is 0 Å². The summed E-state index contributed by atoms with van der Waals surface area (Å²) < 4.78 is 0. The molecule has 0 aliphatic heterocycles. The summed E-state index contributed by atoms with van der Waals surface area (Å²) in [6, 6.07) is 1.88. The second-order valence-electron chi connectivity index (χ2n) is 4.47. The van der Waals surface area contributed by atoms with Crippen molar-refractivity contribution in [3.8, 4) is 0 Å². The Morgan fingerprint density at radius 3 is 2.69 bits per heavy atom. The van der Waals surface area contributed by atoms with Crippen molar-refractivity contribution >= 4 is 11.6 Å². The van der Waals surface area contributed by atoms with Gasteiger partial charge in [0.25, 0.3) is 0 Å². The standard InChI is InChI=1S/C12H18N2O2/c1-14(10-6-7-13-8-10)12(16)9-2-4-11(15)5-3-9/h6-9,11,13,15H,2-5H2,1H3. The zero-order chi connectivity index (χ0) is 11.5. The molecule has 4 nitrogen and oxygen atoms in total. The van der Waals surface area contributed by atoms with Gasteiger partial charge in [-0.3, -0.25) is 4.79 Å². The average Bonchev–Trinajstić information content (AvgIpc) is 2.81. The molecule has 0 atom stereocenters. The van der Waals surface area contributed by atoms with E-state index in [1.54, 1.807) is 11.9 Å². The predicted molar refractivity (Wildman–Crippen MR) is 62.2 cm³/mol. The molecule has 0 bridgehead atoms. The van der Waals surface area contributed by atoms with Gasteiger partial charge in [0.05, 0.1) is 11.8 Å². The van der Waals surface area contributed by atoms with Crippen LogP contribution < -0.4 is 4.90 Å². The Morgan fingerprint density at radius 1 is 1.44 bits per heavy atom. The minimum Gasteiger partial charge on any atom is -0.393 e. The summed E-state index contributed by atoms with van der Waals surface area (Å²) in [5.74, 6) is 0.231. The van der Waals surface area contributed by atoms with Crippen LogP contribution in [0.15, 0.2) is 18.5 Å². The number of aliphatic hydroxyl groups excluding tert-OH is 1. The van der Waals surface area contributed by atoms with Gasteiger partial charge >= 0.3 is 0 Å². The molecule has 1 fully saturated rings. The third kappa shape index (κ3) is 2.27. The number of aliphatic hydroxyl groups is 1. The number of amides is 1. The Morgan fingerprint density at radius 2 is 2.12 bits per heavy atom. The summed E-state index contributed by atoms with van der Waals surface area (Å²) in [5.41, 5.74) is 0.899. The van der Waals surface area contributed by atoms with E-state index >= 15 is 0 Å². The molecule has 1 aliphatic carbocycles. The van der Waals surface area contributed by atoms with E-state index in [1.165, 1.54) is 0 Å². The molecule has 1 saturated carbocycles. The van der Waals surface area contributed by atoms with Gasteiger partial charge in [-0.1, -0.05) is 0 Å². The zero-order valence-corrected chi connectivity index (χ0v) is 9.52. The number of aromatic amines is 1. The number of anilines is 1. The maximum Gasteiger partial charge on any atom is 0.229 e. The highest BCUT2D eigenvalue weighted by Gasteiger charge is 2.27. The second-order valence-corrected chi connectivity index (χ2v) is 4.47. The van der Waals surface area contributed by atoms with E-state index in [9.17, 15) is 9.90 Å². The number of aromatic nitrogens is 1. The number of nitrogens with zero attached hydrogens (tertiary/aromatic N) is 1. The first kappa shape index (κ1) is 11.2. The van der Waals surface area contributed by atoms with Gasteiger partial charge in [-0.15, -0.1) is 0 Å². The molecule has 1 amide bonds. The van der Waals surface area contributed by atoms with Gasteiger partial charge in [-0.05, 0) is 31.7 Å². The summed E-state index contributed by atoms with van der Waals surface area (Å²) in [7, 11) is 1.80. The Bertz CT molecular complexity index is 340. The number of hydrogen-bond donors (Lipinski definition) is 2. The fraction of sp³-hybridized carbons (Fsp3) is 0.583. The van der Waals surface area contributed by atoms with Crippen molar-refractivity contribution in [2.75, 3.05) is 11.9 Å². The normalized spacial score (nSPS) is 25.4. The number of nitrogens with one attached hydrogen (secondary N) is 1. The maximum absolute atomic E-state index is 12.1. The van der Waals surface area contributed by atoms with Crippen LogP contribution in [0.4, 0.5) is 5.69 Å². The number of H-pyrrole nitrogens is 1. The first-order valence-electron chi connectivity index (χ1n) is 5.77. The van der Waals surface area contributed by atoms with Crippen molar-refractivity contribution in [2.45, 2.75) is 31.8 Å². The van der Waals surface area contributed by atoms with Gasteiger partial charge in [0, 0.05) is 25.4 Å². The molecule has 0 aromatic carbocycles. The SMILES string of the molecule is CN(C(=O)C1CCC(O)CC1)c1cc[nH]c1. The van der Waals surface area contributed by atoms with Crippen LogP contribution in [0.5, 0.6) is 0 Å². The fourth-order valence-electron chi connectivity index (χ4n) is 2.25. The van der Waals surface area contributed by atoms with Crippen LogP contribution in [0.2, 0.25) is 0 Å². The average molecular weight is 222 g/mol. The smallest absolute Gasteiger partial charge is 0.229 e. The Labute approximate surface area is 95.3 Å². The molecule has 0 radical (unpaired) electrons. The Hall–Kier alpha value is -1.29. The molecular formula is C12H18N2O2. The number of carbonyl (C=O) groups excluding carboxylic acids is 1. The molecule has 2 rings (SSSR count). The summed E-state index contributed by atoms with van der Waals surface area (Å²) in [4.78, 5) is 16.8. The van der Waals surface area contributed by atoms with Crippen LogP contribution in [-0.4, -0.2) is 29.1 Å². The third-order valence-corrected chi connectivity index (χ3v) is 3.35. The monoisotopic (exact) mass is 222 g/mol. The van der Waals surface area contributed by atoms with Crippen molar-refractivity contribution in [1.29, 1.82) is 0 Å². The van der Waals surface area contributed by atoms with E-state index in [-0.39, 0.29) is 17.9 Å². The number of hydrogen-bond acceptors (Lipinski definition) is 2. The van der Waals surface area contributed by atoms with Crippen LogP contribution in [-0.2, 0) is 4.79 Å². The molecular weight excluding hydrogens is 204 g/mol. The largest absolute Gasteiger partial charge is 0.393 e. The lowest BCUT2D eigenvalue weighted by molar-refractivity contribution is -0.123. The molecule has 4 heteroatoms. The molecule has 1 heterocycles. The van der Waals surface area contributed by atoms with Gasteiger partial charge < -0.3 is 15.0 Å². The lowest BCUT2D eigenvalue weighted by Crippen LogP contribution is -2.35. The van der Waals surface area contributed by atoms with Gasteiger partial charge in [-0.2, -0.15) is 0 Å². The third-order valence-electron chi connectivity index (χ3n) is 3.35. The van der Waals surface area contributed by atoms with Gasteiger partial charge in [-0.25, -0.2) is 0 Å². The summed E-state index contributed by atoms with van der Waals surface area (Å²) >= 11 is 0. The van der Waals surface area contributed by atoms with Crippen molar-refractivity contribution in [3.63, 3.8) is 0 Å². The number of rotatable bonds is 2. The van der Waals surface area contributed by atoms with Crippen molar-refractivity contribution < 1.29 is 9.90 Å². The molecule has 2 N–H and O–H groups in total. The second kappa shape index (κ2) is 4.70. The van der Waals surface area contributed by atoms with Crippen molar-refractivity contribution in [2.24, 2.45) is 5.92 Å². The van der Waals surface area contributed by atoms with Crippen molar-refractivity contribution in [1.82, 2.24) is 4.98 Å². The Kier molecular flexibility index (Phi) is 3.29. The van der Waals surface area contributed by atoms with Gasteiger partial charge in [0.1, 0.15) is 0 Å². The van der Waals surface area contributed by atoms with E-state index in [4.69, 9.17) is 0 Å². The van der Waals surface area contributed by atoms with Crippen LogP contribution in [0.1, 0.15) is 25.7 Å².